The molecule has 1 N–H and O–H groups in total. The second-order valence-corrected chi connectivity index (χ2v) is 2.45. The topological polar surface area (TPSA) is 46.5 Å². The Bertz CT molecular complexity index is 172. The van der Waals surface area contributed by atoms with Crippen molar-refractivity contribution < 1.29 is 14.6 Å². The van der Waals surface area contributed by atoms with Crippen molar-refractivity contribution >= 4 is 5.97 Å². The van der Waals surface area contributed by atoms with Crippen LogP contribution in [0.25, 0.3) is 0 Å². The first-order chi connectivity index (χ1) is 4.68. The summed E-state index contributed by atoms with van der Waals surface area (Å²) < 4.78 is 5.06. The van der Waals surface area contributed by atoms with Gasteiger partial charge < -0.3 is 9.84 Å². The van der Waals surface area contributed by atoms with Crippen LogP contribution in [0.3, 0.4) is 0 Å². The summed E-state index contributed by atoms with van der Waals surface area (Å²) in [4.78, 5) is 10.2. The molecule has 0 aromatic heterocycles. The maximum Gasteiger partial charge on any atom is 0.304 e. The van der Waals surface area contributed by atoms with Crippen molar-refractivity contribution in [2.75, 3.05) is 6.61 Å². The van der Waals surface area contributed by atoms with Gasteiger partial charge in [0.05, 0.1) is 18.8 Å². The van der Waals surface area contributed by atoms with Crippen LogP contribution in [0.1, 0.15) is 13.3 Å². The predicted octanol–water partition coefficient (Wildman–Crippen LogP) is 1.01. The molecule has 3 nitrogen and oxygen atoms in total. The van der Waals surface area contributed by atoms with Gasteiger partial charge in [0, 0.05) is 5.92 Å². The zero-order valence-electron chi connectivity index (χ0n) is 5.83. The first-order valence-electron chi connectivity index (χ1n) is 3.21. The summed E-state index contributed by atoms with van der Waals surface area (Å²) in [5, 5.41) is 8.38. The summed E-state index contributed by atoms with van der Waals surface area (Å²) >= 11 is 0. The van der Waals surface area contributed by atoms with E-state index in [9.17, 15) is 4.79 Å². The van der Waals surface area contributed by atoms with Gasteiger partial charge in [-0.3, -0.25) is 4.79 Å². The Balaban J connectivity index is 2.38. The minimum absolute atomic E-state index is 0.0810. The van der Waals surface area contributed by atoms with Crippen LogP contribution in [-0.2, 0) is 9.53 Å². The predicted molar refractivity (Wildman–Crippen MR) is 35.5 cm³/mol. The minimum Gasteiger partial charge on any atom is -0.498 e. The molecule has 0 amide bonds. The van der Waals surface area contributed by atoms with E-state index in [4.69, 9.17) is 9.84 Å². The number of hydrogen-bond acceptors (Lipinski definition) is 2. The van der Waals surface area contributed by atoms with Crippen LogP contribution in [0.2, 0.25) is 0 Å². The molecule has 3 heteroatoms. The van der Waals surface area contributed by atoms with Gasteiger partial charge in [0.2, 0.25) is 0 Å². The molecule has 1 heterocycles. The normalized spacial score (nSPS) is 23.7. The standard InChI is InChI=1S/C7H10O3/c1-5-2-6(4-10-5)3-7(8)9/h2,6H,3-4H2,1H3,(H,8,9). The zero-order chi connectivity index (χ0) is 7.56. The third-order valence-electron chi connectivity index (χ3n) is 1.43. The Labute approximate surface area is 59.3 Å². The van der Waals surface area contributed by atoms with Gasteiger partial charge >= 0.3 is 5.97 Å². The largest absolute Gasteiger partial charge is 0.498 e. The maximum atomic E-state index is 10.2. The van der Waals surface area contributed by atoms with Crippen molar-refractivity contribution in [3.63, 3.8) is 0 Å². The van der Waals surface area contributed by atoms with Crippen LogP contribution >= 0.6 is 0 Å². The SMILES string of the molecule is CC1=CC(CC(=O)O)CO1. The summed E-state index contributed by atoms with van der Waals surface area (Å²) in [6, 6.07) is 0. The molecule has 0 radical (unpaired) electrons. The number of aliphatic carboxylic acids is 1. The third-order valence-corrected chi connectivity index (χ3v) is 1.43. The Morgan fingerprint density at radius 3 is 3.10 bits per heavy atom. The molecular formula is C7H10O3. The molecule has 1 rings (SSSR count). The van der Waals surface area contributed by atoms with Crippen LogP contribution in [-0.4, -0.2) is 17.7 Å². The molecule has 1 aliphatic heterocycles. The molecule has 0 spiro atoms. The van der Waals surface area contributed by atoms with E-state index in [1.165, 1.54) is 0 Å². The monoisotopic (exact) mass is 142 g/mol. The molecular weight excluding hydrogens is 132 g/mol. The second kappa shape index (κ2) is 2.73. The third kappa shape index (κ3) is 1.76. The van der Waals surface area contributed by atoms with E-state index in [1.54, 1.807) is 0 Å². The fourth-order valence-corrected chi connectivity index (χ4v) is 1.01. The van der Waals surface area contributed by atoms with Gasteiger partial charge in [-0.15, -0.1) is 0 Å². The summed E-state index contributed by atoms with van der Waals surface area (Å²) in [5.41, 5.74) is 0. The van der Waals surface area contributed by atoms with Crippen LogP contribution < -0.4 is 0 Å². The van der Waals surface area contributed by atoms with Crippen molar-refractivity contribution in [2.45, 2.75) is 13.3 Å². The molecule has 1 unspecified atom stereocenters. The van der Waals surface area contributed by atoms with Crippen LogP contribution in [0.5, 0.6) is 0 Å². The molecule has 1 atom stereocenters. The quantitative estimate of drug-likeness (QED) is 0.625. The second-order valence-electron chi connectivity index (χ2n) is 2.45. The van der Waals surface area contributed by atoms with E-state index in [0.717, 1.165) is 5.76 Å². The minimum atomic E-state index is -0.764. The molecule has 0 saturated carbocycles. The smallest absolute Gasteiger partial charge is 0.304 e. The molecule has 0 saturated heterocycles. The maximum absolute atomic E-state index is 10.2. The van der Waals surface area contributed by atoms with Gasteiger partial charge in [0.25, 0.3) is 0 Å². The lowest BCUT2D eigenvalue weighted by molar-refractivity contribution is -0.137. The fraction of sp³-hybridized carbons (Fsp3) is 0.571. The lowest BCUT2D eigenvalue weighted by Crippen LogP contribution is -2.06. The van der Waals surface area contributed by atoms with Crippen LogP contribution in [0.4, 0.5) is 0 Å². The summed E-state index contributed by atoms with van der Waals surface area (Å²) in [6.07, 6.45) is 2.03. The Hall–Kier alpha value is -0.990. The summed E-state index contributed by atoms with van der Waals surface area (Å²) in [5.74, 6) is 0.156. The average molecular weight is 142 g/mol. The first-order valence-corrected chi connectivity index (χ1v) is 3.21. The molecule has 56 valence electrons. The highest BCUT2D eigenvalue weighted by atomic mass is 16.5. The van der Waals surface area contributed by atoms with Gasteiger partial charge in [-0.25, -0.2) is 0 Å². The number of rotatable bonds is 2. The van der Waals surface area contributed by atoms with Gasteiger partial charge in [-0.05, 0) is 13.0 Å². The lowest BCUT2D eigenvalue weighted by atomic mass is 10.1. The van der Waals surface area contributed by atoms with Crippen molar-refractivity contribution in [3.8, 4) is 0 Å². The Kier molecular flexibility index (Phi) is 1.94. The molecule has 0 aliphatic carbocycles. The number of carbonyl (C=O) groups is 1. The summed E-state index contributed by atoms with van der Waals surface area (Å²) in [6.45, 7) is 2.36. The van der Waals surface area contributed by atoms with Crippen LogP contribution in [0, 0.1) is 5.92 Å². The van der Waals surface area contributed by atoms with E-state index in [1.807, 2.05) is 13.0 Å². The summed E-state index contributed by atoms with van der Waals surface area (Å²) in [7, 11) is 0. The molecule has 10 heavy (non-hydrogen) atoms. The van der Waals surface area contributed by atoms with Gasteiger partial charge in [-0.1, -0.05) is 0 Å². The number of ether oxygens (including phenoxy) is 1. The van der Waals surface area contributed by atoms with E-state index in [0.29, 0.717) is 6.61 Å². The van der Waals surface area contributed by atoms with Crippen molar-refractivity contribution in [1.29, 1.82) is 0 Å². The van der Waals surface area contributed by atoms with Crippen molar-refractivity contribution in [2.24, 2.45) is 5.92 Å². The fourth-order valence-electron chi connectivity index (χ4n) is 1.01. The average Bonchev–Trinajstić information content (AvgIpc) is 2.13. The van der Waals surface area contributed by atoms with E-state index >= 15 is 0 Å². The molecule has 1 aliphatic rings. The number of hydrogen-bond donors (Lipinski definition) is 1. The number of allylic oxidation sites excluding steroid dienone is 1. The Morgan fingerprint density at radius 2 is 2.70 bits per heavy atom. The highest BCUT2D eigenvalue weighted by Gasteiger charge is 2.16. The molecule has 0 aromatic carbocycles. The molecule has 0 fully saturated rings. The van der Waals surface area contributed by atoms with Gasteiger partial charge in [-0.2, -0.15) is 0 Å². The first kappa shape index (κ1) is 7.12. The molecule has 0 aromatic rings. The van der Waals surface area contributed by atoms with Crippen molar-refractivity contribution in [1.82, 2.24) is 0 Å². The Morgan fingerprint density at radius 1 is 2.00 bits per heavy atom. The highest BCUT2D eigenvalue weighted by Crippen LogP contribution is 2.17. The number of carboxylic acid groups (broad SMARTS) is 1. The van der Waals surface area contributed by atoms with E-state index in [2.05, 4.69) is 0 Å². The molecule has 0 bridgehead atoms. The lowest BCUT2D eigenvalue weighted by Gasteiger charge is -1.99. The number of carboxylic acids is 1. The van der Waals surface area contributed by atoms with Gasteiger partial charge in [0.1, 0.15) is 0 Å². The zero-order valence-corrected chi connectivity index (χ0v) is 5.83. The van der Waals surface area contributed by atoms with E-state index < -0.39 is 5.97 Å². The van der Waals surface area contributed by atoms with E-state index in [-0.39, 0.29) is 12.3 Å². The van der Waals surface area contributed by atoms with Gasteiger partial charge in [0.15, 0.2) is 0 Å². The highest BCUT2D eigenvalue weighted by molar-refractivity contribution is 5.67. The van der Waals surface area contributed by atoms with Crippen LogP contribution in [0.15, 0.2) is 11.8 Å². The van der Waals surface area contributed by atoms with Crippen molar-refractivity contribution in [3.05, 3.63) is 11.8 Å².